The van der Waals surface area contributed by atoms with E-state index >= 15 is 0 Å². The van der Waals surface area contributed by atoms with Crippen LogP contribution in [-0.4, -0.2) is 46.9 Å². The minimum absolute atomic E-state index is 0.0308. The van der Waals surface area contributed by atoms with Crippen molar-refractivity contribution in [3.05, 3.63) is 35.4 Å². The van der Waals surface area contributed by atoms with Gasteiger partial charge in [0, 0.05) is 25.7 Å². The number of carbonyl (C=O) groups is 2. The number of piperidine rings is 1. The molecule has 2 aliphatic rings. The Morgan fingerprint density at radius 2 is 1.88 bits per heavy atom. The number of amides is 3. The predicted octanol–water partition coefficient (Wildman–Crippen LogP) is 2.93. The number of rotatable bonds is 5. The van der Waals surface area contributed by atoms with E-state index in [1.165, 1.54) is 16.0 Å². The lowest BCUT2D eigenvalue weighted by Gasteiger charge is -2.35. The van der Waals surface area contributed by atoms with Gasteiger partial charge in [-0.2, -0.15) is 0 Å². The number of benzene rings is 1. The number of aryl methyl sites for hydroxylation is 1. The fourth-order valence-electron chi connectivity index (χ4n) is 3.85. The van der Waals surface area contributed by atoms with Crippen LogP contribution in [0, 0.1) is 12.8 Å². The van der Waals surface area contributed by atoms with Crippen LogP contribution < -0.4 is 5.32 Å². The van der Waals surface area contributed by atoms with Crippen molar-refractivity contribution < 1.29 is 9.59 Å². The average Bonchev–Trinajstić information content (AvgIpc) is 2.91. The van der Waals surface area contributed by atoms with Crippen molar-refractivity contribution in [3.63, 3.8) is 0 Å². The lowest BCUT2D eigenvalue weighted by atomic mass is 9.97. The maximum atomic E-state index is 12.7. The molecule has 5 nitrogen and oxygen atoms in total. The summed E-state index contributed by atoms with van der Waals surface area (Å²) in [5.74, 6) is 0.152. The second-order valence-electron chi connectivity index (χ2n) is 7.45. The summed E-state index contributed by atoms with van der Waals surface area (Å²) in [6.45, 7) is 9.00. The van der Waals surface area contributed by atoms with E-state index in [4.69, 9.17) is 0 Å². The SMILES string of the molecule is CC[C@H](C)[C@@H]1NC(=O)N(C2CCN(Cc3ccccc3C)CC2)C1=O. The minimum atomic E-state index is -0.345. The predicted molar refractivity (Wildman–Crippen MR) is 98.1 cm³/mol. The first-order chi connectivity index (χ1) is 12.0. The van der Waals surface area contributed by atoms with Crippen LogP contribution >= 0.6 is 0 Å². The van der Waals surface area contributed by atoms with E-state index in [-0.39, 0.29) is 29.9 Å². The van der Waals surface area contributed by atoms with Gasteiger partial charge in [0.1, 0.15) is 6.04 Å². The van der Waals surface area contributed by atoms with Crippen LogP contribution in [0.3, 0.4) is 0 Å². The standard InChI is InChI=1S/C20H29N3O2/c1-4-14(2)18-19(24)23(20(25)21-18)17-9-11-22(12-10-17)13-16-8-6-5-7-15(16)3/h5-8,14,17-18H,4,9-13H2,1-3H3,(H,21,25)/t14-,18-/m0/s1. The van der Waals surface area contributed by atoms with Crippen molar-refractivity contribution in [3.8, 4) is 0 Å². The topological polar surface area (TPSA) is 52.7 Å². The van der Waals surface area contributed by atoms with Crippen LogP contribution in [0.5, 0.6) is 0 Å². The summed E-state index contributed by atoms with van der Waals surface area (Å²) in [6.07, 6.45) is 2.61. The largest absolute Gasteiger partial charge is 0.326 e. The van der Waals surface area contributed by atoms with Crippen LogP contribution in [0.1, 0.15) is 44.2 Å². The summed E-state index contributed by atoms with van der Waals surface area (Å²) in [6, 6.07) is 7.96. The van der Waals surface area contributed by atoms with Crippen molar-refractivity contribution in [1.29, 1.82) is 0 Å². The third-order valence-electron chi connectivity index (χ3n) is 5.79. The molecule has 1 N–H and O–H groups in total. The van der Waals surface area contributed by atoms with Crippen molar-refractivity contribution >= 4 is 11.9 Å². The Morgan fingerprint density at radius 3 is 2.52 bits per heavy atom. The molecule has 5 heteroatoms. The zero-order chi connectivity index (χ0) is 18.0. The minimum Gasteiger partial charge on any atom is -0.326 e. The molecule has 0 unspecified atom stereocenters. The molecule has 2 fully saturated rings. The summed E-state index contributed by atoms with van der Waals surface area (Å²) in [5, 5.41) is 2.88. The molecule has 0 spiro atoms. The van der Waals surface area contributed by atoms with Gasteiger partial charge in [-0.3, -0.25) is 14.6 Å². The van der Waals surface area contributed by atoms with E-state index in [1.807, 2.05) is 6.92 Å². The van der Waals surface area contributed by atoms with Crippen molar-refractivity contribution in [1.82, 2.24) is 15.1 Å². The first-order valence-corrected chi connectivity index (χ1v) is 9.41. The zero-order valence-electron chi connectivity index (χ0n) is 15.5. The lowest BCUT2D eigenvalue weighted by Crippen LogP contribution is -2.47. The number of nitrogens with zero attached hydrogens (tertiary/aromatic N) is 2. The molecule has 2 aliphatic heterocycles. The maximum Gasteiger partial charge on any atom is 0.325 e. The zero-order valence-corrected chi connectivity index (χ0v) is 15.5. The fraction of sp³-hybridized carbons (Fsp3) is 0.600. The van der Waals surface area contributed by atoms with Gasteiger partial charge < -0.3 is 5.32 Å². The Hall–Kier alpha value is -1.88. The van der Waals surface area contributed by atoms with Crippen LogP contribution in [0.15, 0.2) is 24.3 Å². The number of hydrogen-bond donors (Lipinski definition) is 1. The quantitative estimate of drug-likeness (QED) is 0.837. The Balaban J connectivity index is 1.58. The van der Waals surface area contributed by atoms with Gasteiger partial charge in [0.2, 0.25) is 0 Å². The summed E-state index contributed by atoms with van der Waals surface area (Å²) >= 11 is 0. The molecule has 2 heterocycles. The highest BCUT2D eigenvalue weighted by atomic mass is 16.2. The molecular weight excluding hydrogens is 314 g/mol. The molecule has 136 valence electrons. The van der Waals surface area contributed by atoms with E-state index in [0.29, 0.717) is 0 Å². The summed E-state index contributed by atoms with van der Waals surface area (Å²) < 4.78 is 0. The molecule has 25 heavy (non-hydrogen) atoms. The van der Waals surface area contributed by atoms with Crippen LogP contribution in [0.25, 0.3) is 0 Å². The molecule has 3 amide bonds. The molecular formula is C20H29N3O2. The van der Waals surface area contributed by atoms with Gasteiger partial charge in [0.15, 0.2) is 0 Å². The van der Waals surface area contributed by atoms with Gasteiger partial charge in [-0.15, -0.1) is 0 Å². The molecule has 0 aliphatic carbocycles. The maximum absolute atomic E-state index is 12.7. The van der Waals surface area contributed by atoms with Crippen LogP contribution in [0.4, 0.5) is 4.79 Å². The number of urea groups is 1. The normalized spacial score (nSPS) is 23.8. The van der Waals surface area contributed by atoms with Gasteiger partial charge in [-0.05, 0) is 36.8 Å². The average molecular weight is 343 g/mol. The van der Waals surface area contributed by atoms with E-state index in [9.17, 15) is 9.59 Å². The highest BCUT2D eigenvalue weighted by Gasteiger charge is 2.44. The Bertz CT molecular complexity index is 638. The van der Waals surface area contributed by atoms with Crippen molar-refractivity contribution in [2.24, 2.45) is 5.92 Å². The van der Waals surface area contributed by atoms with Crippen LogP contribution in [0.2, 0.25) is 0 Å². The second kappa shape index (κ2) is 7.56. The summed E-state index contributed by atoms with van der Waals surface area (Å²) in [7, 11) is 0. The van der Waals surface area contributed by atoms with E-state index in [0.717, 1.165) is 38.9 Å². The highest BCUT2D eigenvalue weighted by molar-refractivity contribution is 6.04. The molecule has 0 bridgehead atoms. The molecule has 1 aromatic carbocycles. The third-order valence-corrected chi connectivity index (χ3v) is 5.79. The van der Waals surface area contributed by atoms with E-state index < -0.39 is 0 Å². The Labute approximate surface area is 150 Å². The molecule has 3 rings (SSSR count). The van der Waals surface area contributed by atoms with Crippen LogP contribution in [-0.2, 0) is 11.3 Å². The fourth-order valence-corrected chi connectivity index (χ4v) is 3.85. The molecule has 0 radical (unpaired) electrons. The van der Waals surface area contributed by atoms with Gasteiger partial charge in [0.05, 0.1) is 0 Å². The second-order valence-corrected chi connectivity index (χ2v) is 7.45. The number of nitrogens with one attached hydrogen (secondary N) is 1. The number of likely N-dealkylation sites (tertiary alicyclic amines) is 1. The third kappa shape index (κ3) is 3.71. The van der Waals surface area contributed by atoms with Gasteiger partial charge >= 0.3 is 6.03 Å². The van der Waals surface area contributed by atoms with E-state index in [2.05, 4.69) is 48.3 Å². The summed E-state index contributed by atoms with van der Waals surface area (Å²) in [5.41, 5.74) is 2.67. The first kappa shape index (κ1) is 17.9. The molecule has 1 aromatic rings. The smallest absolute Gasteiger partial charge is 0.325 e. The first-order valence-electron chi connectivity index (χ1n) is 9.41. The van der Waals surface area contributed by atoms with Crippen molar-refractivity contribution in [2.75, 3.05) is 13.1 Å². The summed E-state index contributed by atoms with van der Waals surface area (Å²) in [4.78, 5) is 28.9. The van der Waals surface area contributed by atoms with Gasteiger partial charge in [-0.1, -0.05) is 44.5 Å². The molecule has 2 saturated heterocycles. The molecule has 0 aromatic heterocycles. The number of carbonyl (C=O) groups excluding carboxylic acids is 2. The Morgan fingerprint density at radius 1 is 1.20 bits per heavy atom. The van der Waals surface area contributed by atoms with Crippen molar-refractivity contribution in [2.45, 2.75) is 58.7 Å². The Kier molecular flexibility index (Phi) is 5.42. The van der Waals surface area contributed by atoms with Gasteiger partial charge in [0.25, 0.3) is 5.91 Å². The van der Waals surface area contributed by atoms with Gasteiger partial charge in [-0.25, -0.2) is 4.79 Å². The van der Waals surface area contributed by atoms with E-state index in [1.54, 1.807) is 0 Å². The number of imide groups is 1. The molecule has 0 saturated carbocycles. The lowest BCUT2D eigenvalue weighted by molar-refractivity contribution is -0.130. The highest BCUT2D eigenvalue weighted by Crippen LogP contribution is 2.25. The number of hydrogen-bond acceptors (Lipinski definition) is 3. The monoisotopic (exact) mass is 343 g/mol. The molecule has 2 atom stereocenters.